The van der Waals surface area contributed by atoms with Crippen molar-refractivity contribution in [1.82, 2.24) is 4.90 Å². The van der Waals surface area contributed by atoms with Crippen molar-refractivity contribution in [2.75, 3.05) is 20.2 Å². The highest BCUT2D eigenvalue weighted by Gasteiger charge is 2.36. The van der Waals surface area contributed by atoms with Crippen LogP contribution in [-0.4, -0.2) is 48.3 Å². The van der Waals surface area contributed by atoms with E-state index >= 15 is 0 Å². The topological polar surface area (TPSA) is 80.0 Å². The number of benzene rings is 1. The first-order valence-electron chi connectivity index (χ1n) is 9.17. The lowest BCUT2D eigenvalue weighted by Crippen LogP contribution is -2.34. The Morgan fingerprint density at radius 3 is 2.63 bits per heavy atom. The predicted octanol–water partition coefficient (Wildman–Crippen LogP) is 1.96. The molecular weight excluding hydrogens is 346 g/mol. The smallest absolute Gasteiger partial charge is 0.349 e. The first-order chi connectivity index (χ1) is 13.0. The van der Waals surface area contributed by atoms with E-state index in [4.69, 9.17) is 9.15 Å². The number of β-amino-alcohol motifs (C(OH)–C–C–N with tert-alkyl or cyclic N) is 1. The molecule has 1 aromatic carbocycles. The highest BCUT2D eigenvalue weighted by molar-refractivity contribution is 5.95. The summed E-state index contributed by atoms with van der Waals surface area (Å²) in [6.07, 6.45) is 1.21. The average molecular weight is 371 g/mol. The number of amides is 1. The van der Waals surface area contributed by atoms with Crippen molar-refractivity contribution in [1.29, 1.82) is 0 Å². The maximum Gasteiger partial charge on any atom is 0.349 e. The zero-order chi connectivity index (χ0) is 19.4. The number of aliphatic hydroxyl groups excluding tert-OH is 1. The van der Waals surface area contributed by atoms with Gasteiger partial charge in [0.05, 0.1) is 6.10 Å². The van der Waals surface area contributed by atoms with Crippen molar-refractivity contribution in [2.24, 2.45) is 0 Å². The lowest BCUT2D eigenvalue weighted by atomic mass is 10.1. The molecule has 2 atom stereocenters. The van der Waals surface area contributed by atoms with Crippen molar-refractivity contribution in [3.63, 3.8) is 0 Å². The summed E-state index contributed by atoms with van der Waals surface area (Å²) in [5.41, 5.74) is 1.25. The third-order valence-corrected chi connectivity index (χ3v) is 4.97. The SMILES string of the molecule is CO[C@H]1CN(C(=O)c2c(C)cc(CCCc3ccccc3)oc2=O)C[C@@H]1O. The van der Waals surface area contributed by atoms with Crippen LogP contribution in [0.2, 0.25) is 0 Å². The van der Waals surface area contributed by atoms with Crippen LogP contribution in [0.25, 0.3) is 0 Å². The minimum atomic E-state index is -0.747. The number of methoxy groups -OCH3 is 1. The molecule has 1 aliphatic rings. The fraction of sp³-hybridized carbons (Fsp3) is 0.429. The number of carbonyl (C=O) groups is 1. The molecule has 0 saturated carbocycles. The molecule has 1 aliphatic heterocycles. The normalized spacial score (nSPS) is 19.4. The largest absolute Gasteiger partial charge is 0.427 e. The van der Waals surface area contributed by atoms with Gasteiger partial charge in [-0.25, -0.2) is 4.79 Å². The quantitative estimate of drug-likeness (QED) is 0.840. The second-order valence-corrected chi connectivity index (χ2v) is 6.95. The maximum atomic E-state index is 12.7. The summed E-state index contributed by atoms with van der Waals surface area (Å²) in [6, 6.07) is 11.9. The molecular formula is C21H25NO5. The van der Waals surface area contributed by atoms with E-state index in [0.717, 1.165) is 12.8 Å². The molecule has 6 nitrogen and oxygen atoms in total. The van der Waals surface area contributed by atoms with Crippen LogP contribution in [0.5, 0.6) is 0 Å². The minimum Gasteiger partial charge on any atom is -0.427 e. The summed E-state index contributed by atoms with van der Waals surface area (Å²) in [6.45, 7) is 2.15. The molecule has 2 heterocycles. The van der Waals surface area contributed by atoms with Crippen LogP contribution in [0.3, 0.4) is 0 Å². The van der Waals surface area contributed by atoms with Crippen molar-refractivity contribution in [3.05, 3.63) is 69.3 Å². The number of aryl methyl sites for hydroxylation is 3. The third kappa shape index (κ3) is 4.46. The van der Waals surface area contributed by atoms with Gasteiger partial charge in [0.25, 0.3) is 5.91 Å². The van der Waals surface area contributed by atoms with Crippen LogP contribution in [0, 0.1) is 6.92 Å². The Kier molecular flexibility index (Phi) is 6.08. The molecule has 2 aromatic rings. The second kappa shape index (κ2) is 8.50. The molecule has 1 fully saturated rings. The van der Waals surface area contributed by atoms with E-state index in [0.29, 0.717) is 17.7 Å². The third-order valence-electron chi connectivity index (χ3n) is 4.97. The van der Waals surface area contributed by atoms with Crippen molar-refractivity contribution >= 4 is 5.91 Å². The first-order valence-corrected chi connectivity index (χ1v) is 9.17. The zero-order valence-electron chi connectivity index (χ0n) is 15.7. The van der Waals surface area contributed by atoms with Crippen molar-refractivity contribution in [2.45, 2.75) is 38.4 Å². The van der Waals surface area contributed by atoms with E-state index in [-0.39, 0.29) is 18.7 Å². The molecule has 144 valence electrons. The molecule has 6 heteroatoms. The van der Waals surface area contributed by atoms with E-state index in [1.54, 1.807) is 13.0 Å². The molecule has 27 heavy (non-hydrogen) atoms. The van der Waals surface area contributed by atoms with Gasteiger partial charge in [0.2, 0.25) is 0 Å². The van der Waals surface area contributed by atoms with E-state index in [2.05, 4.69) is 12.1 Å². The fourth-order valence-corrected chi connectivity index (χ4v) is 3.48. The molecule has 1 aromatic heterocycles. The van der Waals surface area contributed by atoms with Crippen LogP contribution in [-0.2, 0) is 17.6 Å². The summed E-state index contributed by atoms with van der Waals surface area (Å²) >= 11 is 0. The lowest BCUT2D eigenvalue weighted by Gasteiger charge is -2.16. The second-order valence-electron chi connectivity index (χ2n) is 6.95. The van der Waals surface area contributed by atoms with Gasteiger partial charge in [0.15, 0.2) is 0 Å². The molecule has 0 spiro atoms. The predicted molar refractivity (Wildman–Crippen MR) is 101 cm³/mol. The maximum absolute atomic E-state index is 12.7. The van der Waals surface area contributed by atoms with Gasteiger partial charge in [-0.3, -0.25) is 4.79 Å². The molecule has 0 unspecified atom stereocenters. The Morgan fingerprint density at radius 2 is 2.00 bits per heavy atom. The number of aliphatic hydroxyl groups is 1. The van der Waals surface area contributed by atoms with Gasteiger partial charge >= 0.3 is 5.63 Å². The number of rotatable bonds is 6. The van der Waals surface area contributed by atoms with E-state index in [1.807, 2.05) is 18.2 Å². The van der Waals surface area contributed by atoms with Gasteiger partial charge in [-0.05, 0) is 37.0 Å². The fourth-order valence-electron chi connectivity index (χ4n) is 3.48. The molecule has 1 amide bonds. The summed E-state index contributed by atoms with van der Waals surface area (Å²) in [5.74, 6) is 0.164. The van der Waals surface area contributed by atoms with Crippen LogP contribution in [0.15, 0.2) is 45.6 Å². The van der Waals surface area contributed by atoms with E-state index in [9.17, 15) is 14.7 Å². The summed E-state index contributed by atoms with van der Waals surface area (Å²) < 4.78 is 10.5. The van der Waals surface area contributed by atoms with Crippen LogP contribution >= 0.6 is 0 Å². The number of hydrogen-bond acceptors (Lipinski definition) is 5. The van der Waals surface area contributed by atoms with Gasteiger partial charge in [0.1, 0.15) is 17.4 Å². The van der Waals surface area contributed by atoms with E-state index in [1.165, 1.54) is 17.6 Å². The summed E-state index contributed by atoms with van der Waals surface area (Å²) in [5, 5.41) is 9.91. The molecule has 1 saturated heterocycles. The monoisotopic (exact) mass is 371 g/mol. The number of nitrogens with zero attached hydrogens (tertiary/aromatic N) is 1. The lowest BCUT2D eigenvalue weighted by molar-refractivity contribution is 0.0215. The van der Waals surface area contributed by atoms with Crippen molar-refractivity contribution < 1.29 is 19.1 Å². The molecule has 3 rings (SSSR count). The van der Waals surface area contributed by atoms with Crippen LogP contribution in [0.4, 0.5) is 0 Å². The zero-order valence-corrected chi connectivity index (χ0v) is 15.7. The number of carbonyl (C=O) groups excluding carboxylic acids is 1. The van der Waals surface area contributed by atoms with Crippen molar-refractivity contribution in [3.8, 4) is 0 Å². The Bertz CT molecular complexity index is 845. The molecule has 0 bridgehead atoms. The molecule has 0 radical (unpaired) electrons. The highest BCUT2D eigenvalue weighted by Crippen LogP contribution is 2.18. The first kappa shape index (κ1) is 19.3. The Balaban J connectivity index is 1.68. The van der Waals surface area contributed by atoms with Gasteiger partial charge in [-0.1, -0.05) is 30.3 Å². The summed E-state index contributed by atoms with van der Waals surface area (Å²) in [4.78, 5) is 26.6. The molecule has 0 aliphatic carbocycles. The number of likely N-dealkylation sites (tertiary alicyclic amines) is 1. The van der Waals surface area contributed by atoms with Gasteiger partial charge in [0, 0.05) is 26.6 Å². The Labute approximate surface area is 158 Å². The van der Waals surface area contributed by atoms with Gasteiger partial charge < -0.3 is 19.2 Å². The van der Waals surface area contributed by atoms with Crippen LogP contribution < -0.4 is 5.63 Å². The van der Waals surface area contributed by atoms with Gasteiger partial charge in [-0.15, -0.1) is 0 Å². The van der Waals surface area contributed by atoms with E-state index < -0.39 is 23.7 Å². The highest BCUT2D eigenvalue weighted by atomic mass is 16.5. The summed E-state index contributed by atoms with van der Waals surface area (Å²) in [7, 11) is 1.49. The standard InChI is InChI=1S/C21H25NO5/c1-14-11-16(10-6-9-15-7-4-3-5-8-15)27-21(25)19(14)20(24)22-12-17(23)18(13-22)26-2/h3-5,7-8,11,17-18,23H,6,9-10,12-13H2,1-2H3/t17-,18-/m0/s1. The average Bonchev–Trinajstić information content (AvgIpc) is 3.03. The molecule has 1 N–H and O–H groups in total. The Morgan fingerprint density at radius 1 is 1.26 bits per heavy atom. The van der Waals surface area contributed by atoms with Crippen LogP contribution in [0.1, 0.15) is 33.7 Å². The van der Waals surface area contributed by atoms with Gasteiger partial charge in [-0.2, -0.15) is 0 Å². The number of hydrogen-bond donors (Lipinski definition) is 1. The number of ether oxygens (including phenoxy) is 1. The Hall–Kier alpha value is -2.44. The minimum absolute atomic E-state index is 0.0331.